The lowest BCUT2D eigenvalue weighted by atomic mass is 10.1. The number of nitrogens with zero attached hydrogens (tertiary/aromatic N) is 1. The van der Waals surface area contributed by atoms with Gasteiger partial charge in [0.2, 0.25) is 0 Å². The maximum absolute atomic E-state index is 12.1. The fourth-order valence-corrected chi connectivity index (χ4v) is 2.24. The number of carbonyl (C=O) groups excluding carboxylic acids is 1. The highest BCUT2D eigenvalue weighted by molar-refractivity contribution is 6.01. The van der Waals surface area contributed by atoms with Gasteiger partial charge in [0.15, 0.2) is 0 Å². The number of nitro benzene ring substituents is 1. The van der Waals surface area contributed by atoms with E-state index in [0.29, 0.717) is 12.1 Å². The molecule has 2 N–H and O–H groups in total. The zero-order valence-electron chi connectivity index (χ0n) is 11.5. The standard InChI is InChI=1S/C14H19N3O3/c1-15-13-11(5-2-6-12(13)17(19)20)14(18)16-9-3-4-10-7-8-10/h2,5-6,10,15H,3-4,7-9H2,1H3,(H,16,18). The Balaban J connectivity index is 2.00. The first kappa shape index (κ1) is 14.3. The van der Waals surface area contributed by atoms with Crippen LogP contribution in [0.3, 0.4) is 0 Å². The van der Waals surface area contributed by atoms with Crippen LogP contribution in [0.1, 0.15) is 36.0 Å². The molecule has 2 rings (SSSR count). The van der Waals surface area contributed by atoms with Gasteiger partial charge >= 0.3 is 0 Å². The minimum atomic E-state index is -0.490. The van der Waals surface area contributed by atoms with Gasteiger partial charge in [0.1, 0.15) is 5.69 Å². The van der Waals surface area contributed by atoms with Crippen LogP contribution < -0.4 is 10.6 Å². The Morgan fingerprint density at radius 3 is 2.80 bits per heavy atom. The Morgan fingerprint density at radius 1 is 1.45 bits per heavy atom. The maximum atomic E-state index is 12.1. The summed E-state index contributed by atoms with van der Waals surface area (Å²) in [5, 5.41) is 16.5. The van der Waals surface area contributed by atoms with Gasteiger partial charge in [-0.1, -0.05) is 18.9 Å². The Hall–Kier alpha value is -2.11. The van der Waals surface area contributed by atoms with Crippen LogP contribution >= 0.6 is 0 Å². The third-order valence-electron chi connectivity index (χ3n) is 3.51. The first-order valence-electron chi connectivity index (χ1n) is 6.87. The van der Waals surface area contributed by atoms with Gasteiger partial charge in [0, 0.05) is 19.7 Å². The van der Waals surface area contributed by atoms with Crippen LogP contribution in [0.25, 0.3) is 0 Å². The van der Waals surface area contributed by atoms with E-state index in [0.717, 1.165) is 18.8 Å². The second-order valence-corrected chi connectivity index (χ2v) is 5.05. The molecule has 1 aliphatic rings. The van der Waals surface area contributed by atoms with Gasteiger partial charge < -0.3 is 10.6 Å². The molecule has 0 bridgehead atoms. The van der Waals surface area contributed by atoms with E-state index in [4.69, 9.17) is 0 Å². The van der Waals surface area contributed by atoms with Gasteiger partial charge in [-0.3, -0.25) is 14.9 Å². The molecule has 1 saturated carbocycles. The van der Waals surface area contributed by atoms with E-state index in [2.05, 4.69) is 10.6 Å². The smallest absolute Gasteiger partial charge is 0.293 e. The third-order valence-corrected chi connectivity index (χ3v) is 3.51. The fraction of sp³-hybridized carbons (Fsp3) is 0.500. The van der Waals surface area contributed by atoms with E-state index >= 15 is 0 Å². The van der Waals surface area contributed by atoms with E-state index in [1.165, 1.54) is 25.0 Å². The topological polar surface area (TPSA) is 84.3 Å². The summed E-state index contributed by atoms with van der Waals surface area (Å²) < 4.78 is 0. The molecule has 1 fully saturated rings. The van der Waals surface area contributed by atoms with Crippen LogP contribution in [0.4, 0.5) is 11.4 Å². The van der Waals surface area contributed by atoms with E-state index in [-0.39, 0.29) is 17.3 Å². The normalized spacial score (nSPS) is 13.8. The first-order valence-corrected chi connectivity index (χ1v) is 6.87. The van der Waals surface area contributed by atoms with Crippen molar-refractivity contribution in [3.8, 4) is 0 Å². The summed E-state index contributed by atoms with van der Waals surface area (Å²) in [4.78, 5) is 22.5. The van der Waals surface area contributed by atoms with Crippen molar-refractivity contribution in [2.75, 3.05) is 18.9 Å². The summed E-state index contributed by atoms with van der Waals surface area (Å²) in [7, 11) is 1.58. The summed E-state index contributed by atoms with van der Waals surface area (Å²) in [6.07, 6.45) is 4.72. The molecule has 6 heteroatoms. The lowest BCUT2D eigenvalue weighted by Crippen LogP contribution is -2.25. The SMILES string of the molecule is CNc1c(C(=O)NCCCC2CC2)cccc1[N+](=O)[O-]. The van der Waals surface area contributed by atoms with Crippen LogP contribution in [-0.2, 0) is 0 Å². The van der Waals surface area contributed by atoms with E-state index < -0.39 is 4.92 Å². The number of rotatable bonds is 7. The van der Waals surface area contributed by atoms with Crippen LogP contribution in [0.5, 0.6) is 0 Å². The van der Waals surface area contributed by atoms with Gasteiger partial charge in [-0.25, -0.2) is 0 Å². The number of hydrogen-bond acceptors (Lipinski definition) is 4. The number of nitrogens with one attached hydrogen (secondary N) is 2. The highest BCUT2D eigenvalue weighted by Gasteiger charge is 2.22. The summed E-state index contributed by atoms with van der Waals surface area (Å²) in [5.74, 6) is 0.575. The molecule has 0 heterocycles. The zero-order chi connectivity index (χ0) is 14.5. The molecule has 108 valence electrons. The first-order chi connectivity index (χ1) is 9.63. The summed E-state index contributed by atoms with van der Waals surface area (Å²) in [6, 6.07) is 4.50. The molecule has 20 heavy (non-hydrogen) atoms. The van der Waals surface area contributed by atoms with Gasteiger partial charge in [0.25, 0.3) is 11.6 Å². The molecule has 1 aliphatic carbocycles. The van der Waals surface area contributed by atoms with Crippen molar-refractivity contribution in [3.05, 3.63) is 33.9 Å². The van der Waals surface area contributed by atoms with Gasteiger partial charge in [-0.15, -0.1) is 0 Å². The van der Waals surface area contributed by atoms with Crippen LogP contribution in [0.15, 0.2) is 18.2 Å². The van der Waals surface area contributed by atoms with Crippen molar-refractivity contribution in [2.24, 2.45) is 5.92 Å². The highest BCUT2D eigenvalue weighted by atomic mass is 16.6. The molecule has 0 unspecified atom stereocenters. The number of anilines is 1. The minimum absolute atomic E-state index is 0.0851. The van der Waals surface area contributed by atoms with Gasteiger partial charge in [0.05, 0.1) is 10.5 Å². The average molecular weight is 277 g/mol. The summed E-state index contributed by atoms with van der Waals surface area (Å²) in [5.41, 5.74) is 0.489. The number of hydrogen-bond donors (Lipinski definition) is 2. The van der Waals surface area contributed by atoms with Crippen LogP contribution in [-0.4, -0.2) is 24.4 Å². The highest BCUT2D eigenvalue weighted by Crippen LogP contribution is 2.33. The van der Waals surface area contributed by atoms with Crippen molar-refractivity contribution in [3.63, 3.8) is 0 Å². The number of carbonyl (C=O) groups is 1. The average Bonchev–Trinajstić information content (AvgIpc) is 3.26. The van der Waals surface area contributed by atoms with Crippen molar-refractivity contribution < 1.29 is 9.72 Å². The Labute approximate surface area is 117 Å². The Morgan fingerprint density at radius 2 is 2.20 bits per heavy atom. The third kappa shape index (κ3) is 3.46. The van der Waals surface area contributed by atoms with Gasteiger partial charge in [-0.05, 0) is 24.8 Å². The van der Waals surface area contributed by atoms with Crippen molar-refractivity contribution in [1.82, 2.24) is 5.32 Å². The molecule has 0 aliphatic heterocycles. The molecule has 1 amide bonds. The molecule has 0 aromatic heterocycles. The summed E-state index contributed by atoms with van der Waals surface area (Å²) >= 11 is 0. The van der Waals surface area contributed by atoms with E-state index in [9.17, 15) is 14.9 Å². The summed E-state index contributed by atoms with van der Waals surface area (Å²) in [6.45, 7) is 0.612. The molecular weight excluding hydrogens is 258 g/mol. The Kier molecular flexibility index (Phi) is 4.55. The maximum Gasteiger partial charge on any atom is 0.293 e. The number of benzene rings is 1. The second-order valence-electron chi connectivity index (χ2n) is 5.05. The molecule has 6 nitrogen and oxygen atoms in total. The van der Waals surface area contributed by atoms with Crippen molar-refractivity contribution in [2.45, 2.75) is 25.7 Å². The molecule has 0 saturated heterocycles. The fourth-order valence-electron chi connectivity index (χ4n) is 2.24. The molecule has 0 radical (unpaired) electrons. The molecule has 1 aromatic rings. The van der Waals surface area contributed by atoms with Crippen molar-refractivity contribution >= 4 is 17.3 Å². The molecular formula is C14H19N3O3. The second kappa shape index (κ2) is 6.36. The van der Waals surface area contributed by atoms with E-state index in [1.807, 2.05) is 0 Å². The largest absolute Gasteiger partial charge is 0.382 e. The van der Waals surface area contributed by atoms with Crippen LogP contribution in [0.2, 0.25) is 0 Å². The predicted molar refractivity (Wildman–Crippen MR) is 76.9 cm³/mol. The van der Waals surface area contributed by atoms with Crippen molar-refractivity contribution in [1.29, 1.82) is 0 Å². The Bertz CT molecular complexity index is 512. The molecule has 0 atom stereocenters. The number of nitro groups is 1. The molecule has 1 aromatic carbocycles. The number of para-hydroxylation sites is 1. The predicted octanol–water partition coefficient (Wildman–Crippen LogP) is 2.56. The van der Waals surface area contributed by atoms with Crippen LogP contribution in [0, 0.1) is 16.0 Å². The van der Waals surface area contributed by atoms with Gasteiger partial charge in [-0.2, -0.15) is 0 Å². The zero-order valence-corrected chi connectivity index (χ0v) is 11.5. The lowest BCUT2D eigenvalue weighted by Gasteiger charge is -2.10. The minimum Gasteiger partial charge on any atom is -0.382 e. The lowest BCUT2D eigenvalue weighted by molar-refractivity contribution is -0.384. The monoisotopic (exact) mass is 277 g/mol. The molecule has 0 spiro atoms. The quantitative estimate of drug-likeness (QED) is 0.455. The number of amides is 1. The van der Waals surface area contributed by atoms with E-state index in [1.54, 1.807) is 13.1 Å².